The Kier molecular flexibility index (Phi) is 8.37. The number of halogens is 2. The lowest BCUT2D eigenvalue weighted by molar-refractivity contribution is -0.00566. The van der Waals surface area contributed by atoms with E-state index in [2.05, 4.69) is 20.8 Å². The van der Waals surface area contributed by atoms with E-state index in [1.165, 1.54) is 0 Å². The standard InChI is InChI=1S/C30H34F2N2O2SSi/c1-19-17-34(18-20(2)35-19)27-24(16-23(28(33)37)25(31)26(27)32)30(36-38-29(3,4)5,21-12-8-6-9-13-21)22-14-10-7-11-15-22/h6-16,19-20H,17-18H2,1-5H3,(H2,33,37). The molecule has 38 heavy (non-hydrogen) atoms. The highest BCUT2D eigenvalue weighted by Gasteiger charge is 2.44. The monoisotopic (exact) mass is 552 g/mol. The number of nitrogens with zero attached hydrogens (tertiary/aromatic N) is 1. The number of ether oxygens (including phenoxy) is 1. The molecule has 2 N–H and O–H groups in total. The molecule has 4 rings (SSSR count). The molecule has 2 atom stereocenters. The number of nitrogens with two attached hydrogens (primary N) is 1. The molecule has 0 saturated carbocycles. The molecule has 0 aromatic heterocycles. The number of thiocarbonyl (C=S) groups is 1. The van der Waals surface area contributed by atoms with Crippen molar-refractivity contribution in [1.29, 1.82) is 0 Å². The molecule has 1 saturated heterocycles. The van der Waals surface area contributed by atoms with Gasteiger partial charge in [-0.05, 0) is 36.1 Å². The molecule has 0 aliphatic carbocycles. The summed E-state index contributed by atoms with van der Waals surface area (Å²) in [6, 6.07) is 20.9. The zero-order valence-corrected chi connectivity index (χ0v) is 24.2. The van der Waals surface area contributed by atoms with Gasteiger partial charge in [-0.25, -0.2) is 8.78 Å². The predicted octanol–water partition coefficient (Wildman–Crippen LogP) is 6.36. The van der Waals surface area contributed by atoms with Crippen LogP contribution < -0.4 is 10.6 Å². The van der Waals surface area contributed by atoms with Crippen molar-refractivity contribution in [2.24, 2.45) is 5.73 Å². The van der Waals surface area contributed by atoms with Gasteiger partial charge in [0, 0.05) is 24.2 Å². The Bertz CT molecular complexity index is 1240. The van der Waals surface area contributed by atoms with Crippen molar-refractivity contribution in [3.8, 4) is 0 Å². The van der Waals surface area contributed by atoms with Crippen molar-refractivity contribution in [1.82, 2.24) is 0 Å². The summed E-state index contributed by atoms with van der Waals surface area (Å²) in [7, 11) is 0.0270. The lowest BCUT2D eigenvalue weighted by atomic mass is 9.78. The van der Waals surface area contributed by atoms with Crippen molar-refractivity contribution in [3.05, 3.63) is 101 Å². The van der Waals surface area contributed by atoms with Crippen molar-refractivity contribution in [2.75, 3.05) is 18.0 Å². The molecule has 1 heterocycles. The lowest BCUT2D eigenvalue weighted by Crippen LogP contribution is -2.48. The van der Waals surface area contributed by atoms with E-state index in [0.29, 0.717) is 18.7 Å². The first-order chi connectivity index (χ1) is 17.9. The summed E-state index contributed by atoms with van der Waals surface area (Å²) in [6.07, 6.45) is -0.353. The Hall–Kier alpha value is -2.65. The Morgan fingerprint density at radius 2 is 1.45 bits per heavy atom. The molecule has 200 valence electrons. The summed E-state index contributed by atoms with van der Waals surface area (Å²) in [4.78, 5) is 1.64. The topological polar surface area (TPSA) is 47.7 Å². The summed E-state index contributed by atoms with van der Waals surface area (Å²) in [5, 5.41) is -0.193. The second-order valence-electron chi connectivity index (χ2n) is 10.8. The fraction of sp³-hybridized carbons (Fsp3) is 0.367. The van der Waals surface area contributed by atoms with Gasteiger partial charge in [-0.1, -0.05) is 93.7 Å². The van der Waals surface area contributed by atoms with Crippen LogP contribution in [0.4, 0.5) is 14.5 Å². The second kappa shape index (κ2) is 11.2. The molecule has 3 aromatic rings. The normalized spacial score (nSPS) is 18.4. The zero-order chi connectivity index (χ0) is 27.7. The van der Waals surface area contributed by atoms with Gasteiger partial charge in [0.2, 0.25) is 9.76 Å². The number of morpholine rings is 1. The molecular formula is C30H34F2N2O2SSi. The van der Waals surface area contributed by atoms with Gasteiger partial charge in [-0.15, -0.1) is 0 Å². The maximum atomic E-state index is 16.3. The van der Waals surface area contributed by atoms with Gasteiger partial charge in [0.15, 0.2) is 11.6 Å². The van der Waals surface area contributed by atoms with E-state index in [4.69, 9.17) is 27.1 Å². The van der Waals surface area contributed by atoms with Gasteiger partial charge in [0.05, 0.1) is 17.9 Å². The first-order valence-corrected chi connectivity index (χ1v) is 14.0. The first-order valence-electron chi connectivity index (χ1n) is 12.7. The van der Waals surface area contributed by atoms with Crippen LogP contribution in [-0.4, -0.2) is 40.0 Å². The molecule has 1 fully saturated rings. The number of benzene rings is 3. The van der Waals surface area contributed by atoms with Crippen LogP contribution in [0.1, 0.15) is 56.9 Å². The van der Waals surface area contributed by atoms with Gasteiger partial charge in [0.25, 0.3) is 0 Å². The summed E-state index contributed by atoms with van der Waals surface area (Å²) >= 11 is 5.18. The fourth-order valence-corrected chi connectivity index (χ4v) is 5.91. The zero-order valence-electron chi connectivity index (χ0n) is 22.4. The van der Waals surface area contributed by atoms with Crippen LogP contribution >= 0.6 is 12.2 Å². The van der Waals surface area contributed by atoms with E-state index in [1.54, 1.807) is 6.07 Å². The van der Waals surface area contributed by atoms with Gasteiger partial charge in [-0.2, -0.15) is 0 Å². The third kappa shape index (κ3) is 5.68. The lowest BCUT2D eigenvalue weighted by Gasteiger charge is -2.43. The van der Waals surface area contributed by atoms with Gasteiger partial charge in [0.1, 0.15) is 10.6 Å². The SMILES string of the molecule is CC1CN(c2c(C(O[Si]C(C)(C)C)(c3ccccc3)c3ccccc3)cc(C(N)=S)c(F)c2F)CC(C)O1. The summed E-state index contributed by atoms with van der Waals surface area (Å²) in [5.74, 6) is -2.05. The minimum absolute atomic E-state index is 0.0270. The molecule has 8 heteroatoms. The Morgan fingerprint density at radius 3 is 1.89 bits per heavy atom. The molecule has 4 nitrogen and oxygen atoms in total. The van der Waals surface area contributed by atoms with Crippen molar-refractivity contribution in [2.45, 2.75) is 57.5 Å². The maximum Gasteiger partial charge on any atom is 0.237 e. The molecule has 1 aliphatic rings. The van der Waals surface area contributed by atoms with Crippen LogP contribution in [0.3, 0.4) is 0 Å². The Balaban J connectivity index is 2.14. The Labute approximate surface area is 232 Å². The fourth-order valence-electron chi connectivity index (χ4n) is 4.96. The molecule has 3 aromatic carbocycles. The molecule has 0 spiro atoms. The third-order valence-corrected chi connectivity index (χ3v) is 7.67. The summed E-state index contributed by atoms with van der Waals surface area (Å²) in [6.45, 7) is 10.9. The number of rotatable bonds is 7. The van der Waals surface area contributed by atoms with Crippen LogP contribution in [-0.2, 0) is 14.8 Å². The van der Waals surface area contributed by atoms with E-state index in [-0.39, 0.29) is 43.2 Å². The van der Waals surface area contributed by atoms with Crippen molar-refractivity contribution in [3.63, 3.8) is 0 Å². The molecule has 2 radical (unpaired) electrons. The van der Waals surface area contributed by atoms with E-state index in [1.807, 2.05) is 79.4 Å². The quantitative estimate of drug-likeness (QED) is 0.210. The maximum absolute atomic E-state index is 16.3. The highest BCUT2D eigenvalue weighted by Crippen LogP contribution is 2.47. The minimum atomic E-state index is -1.28. The van der Waals surface area contributed by atoms with Gasteiger partial charge < -0.3 is 19.8 Å². The van der Waals surface area contributed by atoms with Crippen LogP contribution in [0.15, 0.2) is 66.7 Å². The predicted molar refractivity (Wildman–Crippen MR) is 154 cm³/mol. The molecule has 2 unspecified atom stereocenters. The Morgan fingerprint density at radius 1 is 0.947 bits per heavy atom. The van der Waals surface area contributed by atoms with Gasteiger partial charge >= 0.3 is 0 Å². The molecule has 0 bridgehead atoms. The number of hydrogen-bond acceptors (Lipinski definition) is 4. The highest BCUT2D eigenvalue weighted by molar-refractivity contribution is 7.80. The van der Waals surface area contributed by atoms with Crippen molar-refractivity contribution < 1.29 is 17.9 Å². The van der Waals surface area contributed by atoms with Crippen molar-refractivity contribution >= 4 is 32.7 Å². The van der Waals surface area contributed by atoms with Crippen LogP contribution in [0.25, 0.3) is 0 Å². The molecule has 1 aliphatic heterocycles. The van der Waals surface area contributed by atoms with E-state index in [9.17, 15) is 0 Å². The molecule has 0 amide bonds. The average molecular weight is 553 g/mol. The third-order valence-electron chi connectivity index (χ3n) is 6.43. The molecular weight excluding hydrogens is 518 g/mol. The summed E-state index contributed by atoms with van der Waals surface area (Å²) in [5.41, 5.74) is 6.69. The largest absolute Gasteiger partial charge is 0.400 e. The average Bonchev–Trinajstić information content (AvgIpc) is 2.86. The highest BCUT2D eigenvalue weighted by atomic mass is 32.1. The second-order valence-corrected chi connectivity index (χ2v) is 13.2. The van der Waals surface area contributed by atoms with Gasteiger partial charge in [-0.3, -0.25) is 0 Å². The van der Waals surface area contributed by atoms with Crippen LogP contribution in [0.2, 0.25) is 5.04 Å². The van der Waals surface area contributed by atoms with E-state index in [0.717, 1.165) is 11.1 Å². The number of hydrogen-bond donors (Lipinski definition) is 1. The van der Waals surface area contributed by atoms with Crippen LogP contribution in [0, 0.1) is 11.6 Å². The number of anilines is 1. The minimum Gasteiger partial charge on any atom is -0.400 e. The summed E-state index contributed by atoms with van der Waals surface area (Å²) < 4.78 is 44.8. The van der Waals surface area contributed by atoms with E-state index < -0.39 is 17.2 Å². The van der Waals surface area contributed by atoms with E-state index >= 15 is 8.78 Å². The van der Waals surface area contributed by atoms with Crippen LogP contribution in [0.5, 0.6) is 0 Å². The first kappa shape index (κ1) is 28.4. The smallest absolute Gasteiger partial charge is 0.237 e.